The molecule has 21 heavy (non-hydrogen) atoms. The molecule has 3 nitrogen and oxygen atoms in total. The zero-order chi connectivity index (χ0) is 15.6. The minimum Gasteiger partial charge on any atom is -0.380 e. The van der Waals surface area contributed by atoms with Crippen molar-refractivity contribution in [2.75, 3.05) is 5.32 Å². The third-order valence-corrected chi connectivity index (χ3v) is 4.94. The van der Waals surface area contributed by atoms with Gasteiger partial charge in [0.2, 0.25) is 5.91 Å². The average molecular weight is 323 g/mol. The van der Waals surface area contributed by atoms with Gasteiger partial charge in [-0.25, -0.2) is 0 Å². The summed E-state index contributed by atoms with van der Waals surface area (Å²) < 4.78 is 0. The molecule has 0 spiro atoms. The summed E-state index contributed by atoms with van der Waals surface area (Å²) in [7, 11) is 0. The minimum atomic E-state index is -0.519. The fourth-order valence-electron chi connectivity index (χ4n) is 1.89. The van der Waals surface area contributed by atoms with Crippen LogP contribution in [-0.2, 0) is 12.0 Å². The lowest BCUT2D eigenvalue weighted by atomic mass is 9.95. The molecule has 0 atom stereocenters. The van der Waals surface area contributed by atoms with E-state index in [2.05, 4.69) is 38.2 Å². The number of nitrogens with two attached hydrogens (primary N) is 1. The van der Waals surface area contributed by atoms with Crippen LogP contribution in [0.1, 0.15) is 40.9 Å². The molecule has 0 unspecified atom stereocenters. The molecule has 0 aliphatic carbocycles. The second-order valence-electron chi connectivity index (χ2n) is 5.93. The Hall–Kier alpha value is -1.52. The van der Waals surface area contributed by atoms with E-state index in [4.69, 9.17) is 17.3 Å². The highest BCUT2D eigenvalue weighted by atomic mass is 35.5. The number of amides is 1. The first-order chi connectivity index (χ1) is 9.77. The normalized spacial score (nSPS) is 11.4. The molecule has 1 aromatic carbocycles. The SMILES string of the molecule is CC(C)(C)c1ccc(CNc2ccc(Cl)c(C(N)=O)c2)s1. The van der Waals surface area contributed by atoms with E-state index in [1.54, 1.807) is 23.5 Å². The Kier molecular flexibility index (Phi) is 4.59. The number of carbonyl (C=O) groups is 1. The summed E-state index contributed by atoms with van der Waals surface area (Å²) in [5.41, 5.74) is 6.63. The smallest absolute Gasteiger partial charge is 0.250 e. The van der Waals surface area contributed by atoms with Gasteiger partial charge in [0.05, 0.1) is 10.6 Å². The highest BCUT2D eigenvalue weighted by Gasteiger charge is 2.16. The Balaban J connectivity index is 2.08. The van der Waals surface area contributed by atoms with E-state index in [1.807, 2.05) is 6.07 Å². The van der Waals surface area contributed by atoms with E-state index in [9.17, 15) is 4.79 Å². The molecule has 1 amide bonds. The third kappa shape index (κ3) is 3.99. The molecule has 1 aromatic heterocycles. The first kappa shape index (κ1) is 15.9. The number of hydrogen-bond donors (Lipinski definition) is 2. The molecule has 3 N–H and O–H groups in total. The lowest BCUT2D eigenvalue weighted by Gasteiger charge is -2.15. The van der Waals surface area contributed by atoms with E-state index < -0.39 is 5.91 Å². The van der Waals surface area contributed by atoms with Gasteiger partial charge in [0.25, 0.3) is 0 Å². The van der Waals surface area contributed by atoms with E-state index in [0.29, 0.717) is 17.1 Å². The van der Waals surface area contributed by atoms with Crippen molar-refractivity contribution in [3.8, 4) is 0 Å². The highest BCUT2D eigenvalue weighted by molar-refractivity contribution is 7.12. The number of thiophene rings is 1. The lowest BCUT2D eigenvalue weighted by Crippen LogP contribution is -2.12. The number of benzene rings is 1. The van der Waals surface area contributed by atoms with Gasteiger partial charge in [-0.3, -0.25) is 4.79 Å². The molecule has 5 heteroatoms. The zero-order valence-corrected chi connectivity index (χ0v) is 13.9. The topological polar surface area (TPSA) is 55.1 Å². The second kappa shape index (κ2) is 6.08. The van der Waals surface area contributed by atoms with E-state index in [-0.39, 0.29) is 5.41 Å². The van der Waals surface area contributed by atoms with Crippen molar-refractivity contribution in [3.05, 3.63) is 50.7 Å². The summed E-state index contributed by atoms with van der Waals surface area (Å²) in [5, 5.41) is 3.67. The molecule has 0 aliphatic rings. The summed E-state index contributed by atoms with van der Waals surface area (Å²) in [6, 6.07) is 9.50. The molecule has 0 radical (unpaired) electrons. The van der Waals surface area contributed by atoms with Gasteiger partial charge >= 0.3 is 0 Å². The third-order valence-electron chi connectivity index (χ3n) is 3.10. The monoisotopic (exact) mass is 322 g/mol. The van der Waals surface area contributed by atoms with Crippen LogP contribution < -0.4 is 11.1 Å². The molecular weight excluding hydrogens is 304 g/mol. The minimum absolute atomic E-state index is 0.169. The predicted octanol–water partition coefficient (Wildman–Crippen LogP) is 4.41. The van der Waals surface area contributed by atoms with Gasteiger partial charge in [-0.1, -0.05) is 32.4 Å². The first-order valence-corrected chi connectivity index (χ1v) is 7.89. The molecule has 1 heterocycles. The van der Waals surface area contributed by atoms with Crippen LogP contribution in [0.4, 0.5) is 5.69 Å². The average Bonchev–Trinajstić information content (AvgIpc) is 2.86. The largest absolute Gasteiger partial charge is 0.380 e. The Morgan fingerprint density at radius 3 is 2.57 bits per heavy atom. The summed E-state index contributed by atoms with van der Waals surface area (Å²) in [6.07, 6.45) is 0. The van der Waals surface area contributed by atoms with Crippen LogP contribution in [0.2, 0.25) is 5.02 Å². The van der Waals surface area contributed by atoms with Crippen molar-refractivity contribution in [2.45, 2.75) is 32.7 Å². The van der Waals surface area contributed by atoms with Gasteiger partial charge in [0.1, 0.15) is 0 Å². The molecular formula is C16H19ClN2OS. The number of nitrogens with one attached hydrogen (secondary N) is 1. The summed E-state index contributed by atoms with van der Waals surface area (Å²) in [4.78, 5) is 13.9. The van der Waals surface area contributed by atoms with Crippen molar-refractivity contribution in [1.82, 2.24) is 0 Å². The van der Waals surface area contributed by atoms with Gasteiger partial charge in [0.15, 0.2) is 0 Å². The molecule has 0 bridgehead atoms. The summed E-state index contributed by atoms with van der Waals surface area (Å²) >= 11 is 7.73. The van der Waals surface area contributed by atoms with Crippen LogP contribution in [0.25, 0.3) is 0 Å². The van der Waals surface area contributed by atoms with Gasteiger partial charge < -0.3 is 11.1 Å². The second-order valence-corrected chi connectivity index (χ2v) is 7.50. The van der Waals surface area contributed by atoms with Crippen LogP contribution in [0, 0.1) is 0 Å². The van der Waals surface area contributed by atoms with Crippen molar-refractivity contribution in [1.29, 1.82) is 0 Å². The van der Waals surface area contributed by atoms with E-state index in [1.165, 1.54) is 9.75 Å². The predicted molar refractivity (Wildman–Crippen MR) is 90.3 cm³/mol. The molecule has 2 aromatic rings. The molecule has 2 rings (SSSR count). The van der Waals surface area contributed by atoms with E-state index >= 15 is 0 Å². The van der Waals surface area contributed by atoms with Crippen LogP contribution in [0.5, 0.6) is 0 Å². The standard InChI is InChI=1S/C16H19ClN2OS/c1-16(2,3)14-7-5-11(21-14)9-19-10-4-6-13(17)12(8-10)15(18)20/h4-8,19H,9H2,1-3H3,(H2,18,20). The van der Waals surface area contributed by atoms with Crippen LogP contribution >= 0.6 is 22.9 Å². The molecule has 0 saturated heterocycles. The zero-order valence-electron chi connectivity index (χ0n) is 12.4. The van der Waals surface area contributed by atoms with Crippen molar-refractivity contribution in [3.63, 3.8) is 0 Å². The van der Waals surface area contributed by atoms with E-state index in [0.717, 1.165) is 5.69 Å². The maximum atomic E-state index is 11.3. The Morgan fingerprint density at radius 1 is 1.29 bits per heavy atom. The number of primary amides is 1. The van der Waals surface area contributed by atoms with Gasteiger partial charge in [0, 0.05) is 22.0 Å². The lowest BCUT2D eigenvalue weighted by molar-refractivity contribution is 0.100. The van der Waals surface area contributed by atoms with Crippen LogP contribution in [0.3, 0.4) is 0 Å². The number of anilines is 1. The number of carbonyl (C=O) groups excluding carboxylic acids is 1. The van der Waals surface area contributed by atoms with Crippen LogP contribution in [0.15, 0.2) is 30.3 Å². The molecule has 112 valence electrons. The van der Waals surface area contributed by atoms with Crippen molar-refractivity contribution >= 4 is 34.5 Å². The number of hydrogen-bond acceptors (Lipinski definition) is 3. The van der Waals surface area contributed by atoms with Gasteiger partial charge in [-0.2, -0.15) is 0 Å². The Labute approximate surface area is 134 Å². The Morgan fingerprint density at radius 2 is 2.00 bits per heavy atom. The van der Waals surface area contributed by atoms with Gasteiger partial charge in [-0.05, 0) is 35.7 Å². The molecule has 0 aliphatic heterocycles. The fourth-order valence-corrected chi connectivity index (χ4v) is 3.11. The maximum Gasteiger partial charge on any atom is 0.250 e. The quantitative estimate of drug-likeness (QED) is 0.876. The molecule has 0 fully saturated rings. The maximum absolute atomic E-state index is 11.3. The fraction of sp³-hybridized carbons (Fsp3) is 0.312. The van der Waals surface area contributed by atoms with Gasteiger partial charge in [-0.15, -0.1) is 11.3 Å². The highest BCUT2D eigenvalue weighted by Crippen LogP contribution is 2.30. The van der Waals surface area contributed by atoms with Crippen molar-refractivity contribution < 1.29 is 4.79 Å². The number of rotatable bonds is 4. The van der Waals surface area contributed by atoms with Crippen molar-refractivity contribution in [2.24, 2.45) is 5.73 Å². The van der Waals surface area contributed by atoms with Crippen LogP contribution in [-0.4, -0.2) is 5.91 Å². The first-order valence-electron chi connectivity index (χ1n) is 6.70. The molecule has 0 saturated carbocycles. The number of halogens is 1. The summed E-state index contributed by atoms with van der Waals surface area (Å²) in [6.45, 7) is 7.32. The Bertz CT molecular complexity index is 659. The summed E-state index contributed by atoms with van der Waals surface area (Å²) in [5.74, 6) is -0.519.